The molecule has 3 aromatic rings. The van der Waals surface area contributed by atoms with Crippen molar-refractivity contribution >= 4 is 17.5 Å². The second kappa shape index (κ2) is 7.29. The lowest BCUT2D eigenvalue weighted by molar-refractivity contribution is 0.0917. The lowest BCUT2D eigenvalue weighted by Gasteiger charge is -2.12. The number of aliphatic hydroxyl groups excluding tert-OH is 1. The maximum Gasteiger partial charge on any atom is 0.255 e. The zero-order valence-electron chi connectivity index (χ0n) is 12.7. The molecule has 0 saturated heterocycles. The number of carbonyl (C=O) groups excluding carboxylic acids is 1. The van der Waals surface area contributed by atoms with Crippen LogP contribution in [0, 0.1) is 0 Å². The Morgan fingerprint density at radius 3 is 2.75 bits per heavy atom. The zero-order valence-corrected chi connectivity index (χ0v) is 13.5. The molecule has 3 N–H and O–H groups in total. The molecule has 2 aromatic carbocycles. The fraction of sp³-hybridized carbons (Fsp3) is 0.111. The van der Waals surface area contributed by atoms with Gasteiger partial charge in [-0.05, 0) is 17.7 Å². The number of benzene rings is 2. The summed E-state index contributed by atoms with van der Waals surface area (Å²) >= 11 is 6.00. The first kappa shape index (κ1) is 16.2. The minimum absolute atomic E-state index is 0.114. The van der Waals surface area contributed by atoms with Gasteiger partial charge in [0.2, 0.25) is 0 Å². The number of nitrogens with zero attached hydrogens (tertiary/aromatic N) is 1. The third kappa shape index (κ3) is 3.64. The summed E-state index contributed by atoms with van der Waals surface area (Å²) in [6.45, 7) is 0.114. The predicted octanol–water partition coefficient (Wildman–Crippen LogP) is 3.19. The molecule has 1 amide bonds. The molecular formula is C18H16ClN3O2. The van der Waals surface area contributed by atoms with Gasteiger partial charge in [-0.2, -0.15) is 5.10 Å². The van der Waals surface area contributed by atoms with E-state index in [1.165, 1.54) is 6.20 Å². The van der Waals surface area contributed by atoms with Crippen molar-refractivity contribution in [3.05, 3.63) is 76.9 Å². The molecule has 6 heteroatoms. The number of amides is 1. The lowest BCUT2D eigenvalue weighted by Crippen LogP contribution is -2.28. The van der Waals surface area contributed by atoms with Crippen LogP contribution in [0.1, 0.15) is 22.0 Å². The number of rotatable bonds is 5. The van der Waals surface area contributed by atoms with Crippen molar-refractivity contribution in [1.29, 1.82) is 0 Å². The van der Waals surface area contributed by atoms with Crippen molar-refractivity contribution in [1.82, 2.24) is 15.5 Å². The molecule has 0 radical (unpaired) electrons. The molecule has 0 unspecified atom stereocenters. The molecule has 1 atom stereocenters. The van der Waals surface area contributed by atoms with Gasteiger partial charge in [0.05, 0.1) is 23.6 Å². The van der Waals surface area contributed by atoms with E-state index in [9.17, 15) is 9.90 Å². The Balaban J connectivity index is 1.71. The molecule has 5 nitrogen and oxygen atoms in total. The van der Waals surface area contributed by atoms with Crippen LogP contribution in [0.2, 0.25) is 5.02 Å². The van der Waals surface area contributed by atoms with E-state index in [4.69, 9.17) is 11.6 Å². The van der Waals surface area contributed by atoms with Crippen molar-refractivity contribution in [3.63, 3.8) is 0 Å². The molecule has 1 heterocycles. The second-order valence-corrected chi connectivity index (χ2v) is 5.74. The van der Waals surface area contributed by atoms with Gasteiger partial charge in [0.15, 0.2) is 0 Å². The highest BCUT2D eigenvalue weighted by atomic mass is 35.5. The van der Waals surface area contributed by atoms with Gasteiger partial charge in [-0.25, -0.2) is 0 Å². The molecule has 0 bridgehead atoms. The Bertz CT molecular complexity index is 833. The van der Waals surface area contributed by atoms with Gasteiger partial charge >= 0.3 is 0 Å². The van der Waals surface area contributed by atoms with Gasteiger partial charge in [0.25, 0.3) is 5.91 Å². The SMILES string of the molecule is O=C(NC[C@@H](O)c1ccccc1)c1cn[nH]c1-c1cccc(Cl)c1. The number of aromatic amines is 1. The van der Waals surface area contributed by atoms with Crippen LogP contribution in [-0.2, 0) is 0 Å². The highest BCUT2D eigenvalue weighted by molar-refractivity contribution is 6.30. The van der Waals surface area contributed by atoms with Gasteiger partial charge in [0, 0.05) is 17.1 Å². The van der Waals surface area contributed by atoms with Crippen LogP contribution in [0.4, 0.5) is 0 Å². The van der Waals surface area contributed by atoms with E-state index in [0.717, 1.165) is 11.1 Å². The van der Waals surface area contributed by atoms with Gasteiger partial charge in [-0.1, -0.05) is 54.1 Å². The summed E-state index contributed by atoms with van der Waals surface area (Å²) in [5.74, 6) is -0.311. The topological polar surface area (TPSA) is 78.0 Å². The number of aromatic nitrogens is 2. The van der Waals surface area contributed by atoms with Crippen molar-refractivity contribution in [2.24, 2.45) is 0 Å². The lowest BCUT2D eigenvalue weighted by atomic mass is 10.1. The summed E-state index contributed by atoms with van der Waals surface area (Å²) in [6.07, 6.45) is 0.692. The number of hydrogen-bond acceptors (Lipinski definition) is 3. The fourth-order valence-electron chi connectivity index (χ4n) is 2.40. The first-order chi connectivity index (χ1) is 11.6. The number of H-pyrrole nitrogens is 1. The highest BCUT2D eigenvalue weighted by Crippen LogP contribution is 2.24. The molecule has 0 aliphatic carbocycles. The molecule has 122 valence electrons. The summed E-state index contributed by atoms with van der Waals surface area (Å²) in [7, 11) is 0. The van der Waals surface area contributed by atoms with Crippen LogP contribution in [0.15, 0.2) is 60.8 Å². The summed E-state index contributed by atoms with van der Waals surface area (Å²) in [4.78, 5) is 12.4. The number of hydrogen-bond donors (Lipinski definition) is 3. The van der Waals surface area contributed by atoms with Crippen LogP contribution >= 0.6 is 11.6 Å². The minimum Gasteiger partial charge on any atom is -0.387 e. The molecular weight excluding hydrogens is 326 g/mol. The van der Waals surface area contributed by atoms with Crippen molar-refractivity contribution in [2.75, 3.05) is 6.54 Å². The second-order valence-electron chi connectivity index (χ2n) is 5.31. The van der Waals surface area contributed by atoms with Gasteiger partial charge in [-0.15, -0.1) is 0 Å². The minimum atomic E-state index is -0.767. The summed E-state index contributed by atoms with van der Waals surface area (Å²) < 4.78 is 0. The predicted molar refractivity (Wildman–Crippen MR) is 92.8 cm³/mol. The Kier molecular flexibility index (Phi) is 4.93. The number of carbonyl (C=O) groups is 1. The smallest absolute Gasteiger partial charge is 0.255 e. The molecule has 0 aliphatic heterocycles. The molecule has 1 aromatic heterocycles. The Labute approximate surface area is 144 Å². The van der Waals surface area contributed by atoms with E-state index in [2.05, 4.69) is 15.5 Å². The third-order valence-electron chi connectivity index (χ3n) is 3.64. The number of nitrogens with one attached hydrogen (secondary N) is 2. The third-order valence-corrected chi connectivity index (χ3v) is 3.87. The van der Waals surface area contributed by atoms with Crippen LogP contribution in [0.5, 0.6) is 0 Å². The van der Waals surface area contributed by atoms with E-state index in [0.29, 0.717) is 16.3 Å². The first-order valence-electron chi connectivity index (χ1n) is 7.45. The molecule has 0 fully saturated rings. The van der Waals surface area contributed by atoms with E-state index in [-0.39, 0.29) is 12.5 Å². The van der Waals surface area contributed by atoms with E-state index >= 15 is 0 Å². The van der Waals surface area contributed by atoms with E-state index < -0.39 is 6.10 Å². The monoisotopic (exact) mass is 341 g/mol. The maximum absolute atomic E-state index is 12.4. The molecule has 0 aliphatic rings. The summed E-state index contributed by atoms with van der Waals surface area (Å²) in [5.41, 5.74) is 2.51. The normalized spacial score (nSPS) is 11.9. The number of halogens is 1. The van der Waals surface area contributed by atoms with Crippen LogP contribution in [0.25, 0.3) is 11.3 Å². The fourth-order valence-corrected chi connectivity index (χ4v) is 2.59. The van der Waals surface area contributed by atoms with Gasteiger partial charge in [0.1, 0.15) is 0 Å². The molecule has 0 spiro atoms. The first-order valence-corrected chi connectivity index (χ1v) is 7.83. The van der Waals surface area contributed by atoms with Crippen molar-refractivity contribution in [2.45, 2.75) is 6.10 Å². The average Bonchev–Trinajstić information content (AvgIpc) is 3.10. The molecule has 0 saturated carbocycles. The summed E-state index contributed by atoms with van der Waals surface area (Å²) in [5, 5.41) is 20.2. The average molecular weight is 342 g/mol. The van der Waals surface area contributed by atoms with Crippen LogP contribution in [-0.4, -0.2) is 27.8 Å². The Morgan fingerprint density at radius 1 is 1.21 bits per heavy atom. The van der Waals surface area contributed by atoms with Crippen molar-refractivity contribution < 1.29 is 9.90 Å². The van der Waals surface area contributed by atoms with E-state index in [1.54, 1.807) is 18.2 Å². The largest absolute Gasteiger partial charge is 0.387 e. The van der Waals surface area contributed by atoms with E-state index in [1.807, 2.05) is 36.4 Å². The van der Waals surface area contributed by atoms with Crippen molar-refractivity contribution in [3.8, 4) is 11.3 Å². The van der Waals surface area contributed by atoms with Gasteiger partial charge in [-0.3, -0.25) is 9.89 Å². The van der Waals surface area contributed by atoms with Crippen LogP contribution < -0.4 is 5.32 Å². The molecule has 3 rings (SSSR count). The zero-order chi connectivity index (χ0) is 16.9. The summed E-state index contributed by atoms with van der Waals surface area (Å²) in [6, 6.07) is 16.3. The van der Waals surface area contributed by atoms with Crippen LogP contribution in [0.3, 0.4) is 0 Å². The highest BCUT2D eigenvalue weighted by Gasteiger charge is 2.17. The van der Waals surface area contributed by atoms with Gasteiger partial charge < -0.3 is 10.4 Å². The molecule has 24 heavy (non-hydrogen) atoms. The Morgan fingerprint density at radius 2 is 2.00 bits per heavy atom. The Hall–Kier alpha value is -2.63. The standard InChI is InChI=1S/C18H16ClN3O2/c19-14-8-4-7-13(9-14)17-15(10-21-22-17)18(24)20-11-16(23)12-5-2-1-3-6-12/h1-10,16,23H,11H2,(H,20,24)(H,21,22)/t16-/m1/s1. The quantitative estimate of drug-likeness (QED) is 0.667. The maximum atomic E-state index is 12.4. The number of aliphatic hydroxyl groups is 1.